The van der Waals surface area contributed by atoms with Crippen molar-refractivity contribution in [3.05, 3.63) is 29.6 Å². The van der Waals surface area contributed by atoms with Crippen LogP contribution in [0.2, 0.25) is 0 Å². The van der Waals surface area contributed by atoms with E-state index in [4.69, 9.17) is 15.3 Å². The minimum atomic E-state index is -0.313. The molecule has 5 heteroatoms. The normalized spacial score (nSPS) is 12.4. The second-order valence-electron chi connectivity index (χ2n) is 4.14. The Bertz CT molecular complexity index is 361. The summed E-state index contributed by atoms with van der Waals surface area (Å²) in [4.78, 5) is 0. The van der Waals surface area contributed by atoms with Gasteiger partial charge >= 0.3 is 0 Å². The molecule has 3 N–H and O–H groups in total. The van der Waals surface area contributed by atoms with E-state index in [1.807, 2.05) is 0 Å². The zero-order valence-electron chi connectivity index (χ0n) is 10.9. The summed E-state index contributed by atoms with van der Waals surface area (Å²) in [5.41, 5.74) is 3.32. The van der Waals surface area contributed by atoms with Crippen molar-refractivity contribution in [3.8, 4) is 5.75 Å². The van der Waals surface area contributed by atoms with Gasteiger partial charge in [0.15, 0.2) is 11.6 Å². The van der Waals surface area contributed by atoms with Gasteiger partial charge in [-0.3, -0.25) is 11.3 Å². The van der Waals surface area contributed by atoms with E-state index in [0.29, 0.717) is 18.6 Å². The average molecular weight is 256 g/mol. The van der Waals surface area contributed by atoms with Gasteiger partial charge in [-0.05, 0) is 30.9 Å². The van der Waals surface area contributed by atoms with E-state index in [0.717, 1.165) is 12.8 Å². The van der Waals surface area contributed by atoms with Gasteiger partial charge in [0, 0.05) is 19.8 Å². The van der Waals surface area contributed by atoms with Crippen LogP contribution in [0.25, 0.3) is 0 Å². The fraction of sp³-hybridized carbons (Fsp3) is 0.538. The Hall–Kier alpha value is -1.17. The molecule has 0 fully saturated rings. The number of rotatable bonds is 8. The van der Waals surface area contributed by atoms with Crippen LogP contribution in [0.15, 0.2) is 18.2 Å². The summed E-state index contributed by atoms with van der Waals surface area (Å²) in [6, 6.07) is 5.16. The monoisotopic (exact) mass is 256 g/mol. The predicted molar refractivity (Wildman–Crippen MR) is 68.9 cm³/mol. The van der Waals surface area contributed by atoms with Crippen LogP contribution < -0.4 is 16.0 Å². The van der Waals surface area contributed by atoms with E-state index in [2.05, 4.69) is 5.43 Å². The highest BCUT2D eigenvalue weighted by atomic mass is 19.1. The summed E-state index contributed by atoms with van der Waals surface area (Å²) in [6.07, 6.45) is 2.25. The molecule has 102 valence electrons. The highest BCUT2D eigenvalue weighted by molar-refractivity contribution is 5.31. The molecule has 1 atom stereocenters. The molecule has 1 aromatic rings. The molecular weight excluding hydrogens is 235 g/mol. The highest BCUT2D eigenvalue weighted by Gasteiger charge is 2.13. The summed E-state index contributed by atoms with van der Waals surface area (Å²) in [7, 11) is 3.12. The van der Waals surface area contributed by atoms with Gasteiger partial charge in [-0.25, -0.2) is 4.39 Å². The number of nitrogens with two attached hydrogens (primary N) is 1. The van der Waals surface area contributed by atoms with Crippen LogP contribution in [-0.2, 0) is 11.2 Å². The standard InChI is InChI=1S/C13H21FN2O2/c1-17-8-4-6-11(16-15)9-10-5-3-7-12(18-2)13(10)14/h3,5,7,11,16H,4,6,8-9,15H2,1-2H3. The van der Waals surface area contributed by atoms with Gasteiger partial charge in [-0.15, -0.1) is 0 Å². The first-order valence-electron chi connectivity index (χ1n) is 5.99. The van der Waals surface area contributed by atoms with E-state index in [-0.39, 0.29) is 17.6 Å². The zero-order valence-corrected chi connectivity index (χ0v) is 10.9. The maximum Gasteiger partial charge on any atom is 0.168 e. The third kappa shape index (κ3) is 4.25. The summed E-state index contributed by atoms with van der Waals surface area (Å²) < 4.78 is 23.9. The van der Waals surface area contributed by atoms with E-state index in [1.54, 1.807) is 25.3 Å². The first-order chi connectivity index (χ1) is 8.72. The molecule has 0 spiro atoms. The molecule has 0 saturated heterocycles. The van der Waals surface area contributed by atoms with Crippen molar-refractivity contribution in [2.45, 2.75) is 25.3 Å². The van der Waals surface area contributed by atoms with E-state index < -0.39 is 0 Å². The van der Waals surface area contributed by atoms with E-state index in [1.165, 1.54) is 7.11 Å². The number of ether oxygens (including phenoxy) is 2. The van der Waals surface area contributed by atoms with Crippen LogP contribution in [0.1, 0.15) is 18.4 Å². The minimum absolute atomic E-state index is 0.0294. The molecule has 18 heavy (non-hydrogen) atoms. The molecule has 0 bridgehead atoms. The number of methoxy groups -OCH3 is 2. The molecule has 0 amide bonds. The Labute approximate surface area is 107 Å². The van der Waals surface area contributed by atoms with Gasteiger partial charge < -0.3 is 9.47 Å². The fourth-order valence-electron chi connectivity index (χ4n) is 1.86. The van der Waals surface area contributed by atoms with Crippen LogP contribution in [0.4, 0.5) is 4.39 Å². The van der Waals surface area contributed by atoms with Crippen molar-refractivity contribution in [3.63, 3.8) is 0 Å². The Morgan fingerprint density at radius 1 is 1.39 bits per heavy atom. The van der Waals surface area contributed by atoms with Crippen molar-refractivity contribution >= 4 is 0 Å². The van der Waals surface area contributed by atoms with Gasteiger partial charge in [-0.1, -0.05) is 12.1 Å². The zero-order chi connectivity index (χ0) is 13.4. The number of hydrogen-bond acceptors (Lipinski definition) is 4. The number of hydrogen-bond donors (Lipinski definition) is 2. The summed E-state index contributed by atoms with van der Waals surface area (Å²) in [5.74, 6) is 5.43. The Kier molecular flexibility index (Phi) is 6.64. The lowest BCUT2D eigenvalue weighted by Crippen LogP contribution is -2.37. The van der Waals surface area contributed by atoms with Gasteiger partial charge in [0.25, 0.3) is 0 Å². The van der Waals surface area contributed by atoms with E-state index >= 15 is 0 Å². The molecular formula is C13H21FN2O2. The van der Waals surface area contributed by atoms with Crippen LogP contribution in [0.3, 0.4) is 0 Å². The SMILES string of the molecule is COCCCC(Cc1cccc(OC)c1F)NN. The van der Waals surface area contributed by atoms with Crippen LogP contribution >= 0.6 is 0 Å². The maximum atomic E-state index is 13.9. The highest BCUT2D eigenvalue weighted by Crippen LogP contribution is 2.21. The Morgan fingerprint density at radius 3 is 2.78 bits per heavy atom. The molecule has 4 nitrogen and oxygen atoms in total. The van der Waals surface area contributed by atoms with Crippen molar-refractivity contribution in [2.24, 2.45) is 5.84 Å². The molecule has 0 aliphatic rings. The van der Waals surface area contributed by atoms with Gasteiger partial charge in [0.2, 0.25) is 0 Å². The van der Waals surface area contributed by atoms with Crippen molar-refractivity contribution in [1.82, 2.24) is 5.43 Å². The maximum absolute atomic E-state index is 13.9. The topological polar surface area (TPSA) is 56.5 Å². The van der Waals surface area contributed by atoms with E-state index in [9.17, 15) is 4.39 Å². The predicted octanol–water partition coefficient (Wildman–Crippen LogP) is 1.64. The van der Waals surface area contributed by atoms with Crippen molar-refractivity contribution < 1.29 is 13.9 Å². The number of benzene rings is 1. The third-order valence-electron chi connectivity index (χ3n) is 2.87. The fourth-order valence-corrected chi connectivity index (χ4v) is 1.86. The van der Waals surface area contributed by atoms with Crippen molar-refractivity contribution in [2.75, 3.05) is 20.8 Å². The Balaban J connectivity index is 2.63. The van der Waals surface area contributed by atoms with Crippen LogP contribution in [-0.4, -0.2) is 26.9 Å². The van der Waals surface area contributed by atoms with Crippen LogP contribution in [0.5, 0.6) is 5.75 Å². The average Bonchev–Trinajstić information content (AvgIpc) is 2.40. The molecule has 0 heterocycles. The summed E-state index contributed by atoms with van der Waals surface area (Å²) in [6.45, 7) is 0.679. The largest absolute Gasteiger partial charge is 0.494 e. The Morgan fingerprint density at radius 2 is 2.17 bits per heavy atom. The molecule has 1 rings (SSSR count). The smallest absolute Gasteiger partial charge is 0.168 e. The second-order valence-corrected chi connectivity index (χ2v) is 4.14. The van der Waals surface area contributed by atoms with Gasteiger partial charge in [0.05, 0.1) is 7.11 Å². The lowest BCUT2D eigenvalue weighted by Gasteiger charge is -2.16. The molecule has 0 aromatic heterocycles. The molecule has 0 aliphatic carbocycles. The molecule has 0 aliphatic heterocycles. The molecule has 1 unspecified atom stereocenters. The number of nitrogens with one attached hydrogen (secondary N) is 1. The molecule has 1 aromatic carbocycles. The van der Waals surface area contributed by atoms with Gasteiger partial charge in [-0.2, -0.15) is 0 Å². The van der Waals surface area contributed by atoms with Crippen LogP contribution in [0, 0.1) is 5.82 Å². The first-order valence-corrected chi connectivity index (χ1v) is 5.99. The lowest BCUT2D eigenvalue weighted by atomic mass is 10.0. The summed E-state index contributed by atoms with van der Waals surface area (Å²) >= 11 is 0. The first kappa shape index (κ1) is 14.9. The minimum Gasteiger partial charge on any atom is -0.494 e. The molecule has 0 radical (unpaired) electrons. The number of halogens is 1. The van der Waals surface area contributed by atoms with Crippen molar-refractivity contribution in [1.29, 1.82) is 0 Å². The van der Waals surface area contributed by atoms with Gasteiger partial charge in [0.1, 0.15) is 0 Å². The lowest BCUT2D eigenvalue weighted by molar-refractivity contribution is 0.188. The third-order valence-corrected chi connectivity index (χ3v) is 2.87. The molecule has 0 saturated carbocycles. The second kappa shape index (κ2) is 8.02. The summed E-state index contributed by atoms with van der Waals surface area (Å²) in [5, 5.41) is 0. The number of hydrazine groups is 1. The quantitative estimate of drug-likeness (QED) is 0.422.